The van der Waals surface area contributed by atoms with Gasteiger partial charge in [0.15, 0.2) is 11.6 Å². The van der Waals surface area contributed by atoms with Crippen molar-refractivity contribution in [2.45, 2.75) is 32.6 Å². The van der Waals surface area contributed by atoms with Gasteiger partial charge in [-0.25, -0.2) is 13.6 Å². The van der Waals surface area contributed by atoms with Gasteiger partial charge < -0.3 is 4.74 Å². The van der Waals surface area contributed by atoms with Crippen LogP contribution < -0.4 is 0 Å². The number of carbonyl (C=O) groups is 1. The number of benzene rings is 1. The monoisotopic (exact) mass is 287 g/mol. The molecule has 7 heteroatoms. The van der Waals surface area contributed by atoms with Crippen molar-refractivity contribution in [2.24, 2.45) is 0 Å². The highest BCUT2D eigenvalue weighted by molar-refractivity contribution is 5.93. The minimum Gasteiger partial charge on any atom is -0.462 e. The normalized spacial score (nSPS) is 10.3. The Morgan fingerprint density at radius 2 is 1.90 bits per heavy atom. The average Bonchev–Trinajstić information content (AvgIpc) is 2.40. The lowest BCUT2D eigenvalue weighted by molar-refractivity contribution is -0.385. The van der Waals surface area contributed by atoms with Crippen LogP contribution in [0.3, 0.4) is 0 Å². The van der Waals surface area contributed by atoms with Crippen LogP contribution in [0.1, 0.15) is 43.0 Å². The number of halogens is 2. The first-order chi connectivity index (χ1) is 9.47. The highest BCUT2D eigenvalue weighted by atomic mass is 19.2. The van der Waals surface area contributed by atoms with Gasteiger partial charge in [-0.05, 0) is 12.5 Å². The number of nitrogens with zero attached hydrogens (tertiary/aromatic N) is 1. The van der Waals surface area contributed by atoms with E-state index in [1.54, 1.807) is 0 Å². The van der Waals surface area contributed by atoms with E-state index in [-0.39, 0.29) is 6.61 Å². The van der Waals surface area contributed by atoms with Gasteiger partial charge in [-0.15, -0.1) is 0 Å². The van der Waals surface area contributed by atoms with Crippen molar-refractivity contribution in [3.63, 3.8) is 0 Å². The maximum absolute atomic E-state index is 13.1. The van der Waals surface area contributed by atoms with Crippen LogP contribution in [0.2, 0.25) is 0 Å². The number of nitro groups is 1. The van der Waals surface area contributed by atoms with Crippen molar-refractivity contribution in [2.75, 3.05) is 6.61 Å². The number of nitro benzene ring substituents is 1. The number of esters is 1. The number of unbranched alkanes of at least 4 members (excludes halogenated alkanes) is 3. The van der Waals surface area contributed by atoms with E-state index in [1.165, 1.54) is 0 Å². The Balaban J connectivity index is 2.76. The summed E-state index contributed by atoms with van der Waals surface area (Å²) in [6.07, 6.45) is 3.49. The highest BCUT2D eigenvalue weighted by Crippen LogP contribution is 2.23. The van der Waals surface area contributed by atoms with Crippen molar-refractivity contribution in [1.82, 2.24) is 0 Å². The zero-order valence-electron chi connectivity index (χ0n) is 11.0. The fourth-order valence-corrected chi connectivity index (χ4v) is 1.62. The average molecular weight is 287 g/mol. The van der Waals surface area contributed by atoms with Crippen LogP contribution in [0.15, 0.2) is 12.1 Å². The van der Waals surface area contributed by atoms with E-state index in [0.29, 0.717) is 18.6 Å². The van der Waals surface area contributed by atoms with Crippen LogP contribution in [0.4, 0.5) is 14.5 Å². The molecule has 0 amide bonds. The minimum absolute atomic E-state index is 0.0922. The molecule has 0 spiro atoms. The first-order valence-electron chi connectivity index (χ1n) is 6.28. The lowest BCUT2D eigenvalue weighted by Crippen LogP contribution is -2.10. The van der Waals surface area contributed by atoms with Crippen molar-refractivity contribution in [1.29, 1.82) is 0 Å². The third kappa shape index (κ3) is 4.25. The fourth-order valence-electron chi connectivity index (χ4n) is 1.62. The van der Waals surface area contributed by atoms with Crippen molar-refractivity contribution in [3.05, 3.63) is 39.4 Å². The number of rotatable bonds is 7. The summed E-state index contributed by atoms with van der Waals surface area (Å²) >= 11 is 0. The van der Waals surface area contributed by atoms with E-state index >= 15 is 0 Å². The molecule has 0 aliphatic rings. The molecule has 0 radical (unpaired) electrons. The van der Waals surface area contributed by atoms with Crippen LogP contribution in [-0.2, 0) is 4.74 Å². The first kappa shape index (κ1) is 16.0. The topological polar surface area (TPSA) is 69.4 Å². The van der Waals surface area contributed by atoms with Gasteiger partial charge in [-0.3, -0.25) is 10.1 Å². The summed E-state index contributed by atoms with van der Waals surface area (Å²) in [6, 6.07) is 0.866. The molecule has 1 aromatic rings. The predicted octanol–water partition coefficient (Wildman–Crippen LogP) is 3.61. The summed E-state index contributed by atoms with van der Waals surface area (Å²) in [5.74, 6) is -3.73. The summed E-state index contributed by atoms with van der Waals surface area (Å²) in [7, 11) is 0. The Morgan fingerprint density at radius 1 is 1.25 bits per heavy atom. The zero-order valence-corrected chi connectivity index (χ0v) is 11.0. The third-order valence-corrected chi connectivity index (χ3v) is 2.69. The largest absolute Gasteiger partial charge is 0.462 e. The maximum atomic E-state index is 13.1. The Labute approximate surface area is 114 Å². The molecule has 1 rings (SSSR count). The van der Waals surface area contributed by atoms with Gasteiger partial charge in [0.1, 0.15) is 5.56 Å². The van der Waals surface area contributed by atoms with Gasteiger partial charge >= 0.3 is 5.97 Å². The van der Waals surface area contributed by atoms with Crippen LogP contribution in [0.25, 0.3) is 0 Å². The number of ether oxygens (including phenoxy) is 1. The lowest BCUT2D eigenvalue weighted by Gasteiger charge is -2.05. The van der Waals surface area contributed by atoms with E-state index in [9.17, 15) is 23.7 Å². The second-order valence-electron chi connectivity index (χ2n) is 4.24. The lowest BCUT2D eigenvalue weighted by atomic mass is 10.1. The SMILES string of the molecule is CCCCCCOC(=O)c1cc(F)c(F)cc1[N+](=O)[O-]. The van der Waals surface area contributed by atoms with E-state index in [0.717, 1.165) is 19.3 Å². The van der Waals surface area contributed by atoms with Crippen molar-refractivity contribution in [3.8, 4) is 0 Å². The van der Waals surface area contributed by atoms with Crippen LogP contribution in [0, 0.1) is 21.7 Å². The maximum Gasteiger partial charge on any atom is 0.345 e. The number of hydrogen-bond acceptors (Lipinski definition) is 4. The molecule has 0 atom stereocenters. The molecule has 0 aromatic heterocycles. The molecule has 0 bridgehead atoms. The summed E-state index contributed by atoms with van der Waals surface area (Å²) in [5.41, 5.74) is -1.38. The van der Waals surface area contributed by atoms with Gasteiger partial charge in [0.2, 0.25) is 0 Å². The molecular weight excluding hydrogens is 272 g/mol. The Bertz CT molecular complexity index is 505. The number of carbonyl (C=O) groups excluding carboxylic acids is 1. The van der Waals surface area contributed by atoms with Crippen LogP contribution in [0.5, 0.6) is 0 Å². The standard InChI is InChI=1S/C13H15F2NO4/c1-2-3-4-5-6-20-13(17)9-7-10(14)11(15)8-12(9)16(18)19/h7-8H,2-6H2,1H3. The number of hydrogen-bond donors (Lipinski definition) is 0. The minimum atomic E-state index is -1.38. The van der Waals surface area contributed by atoms with Gasteiger partial charge in [0.25, 0.3) is 5.69 Å². The predicted molar refractivity (Wildman–Crippen MR) is 67.4 cm³/mol. The molecule has 0 saturated heterocycles. The molecule has 5 nitrogen and oxygen atoms in total. The van der Waals surface area contributed by atoms with E-state index in [4.69, 9.17) is 4.74 Å². The molecule has 1 aromatic carbocycles. The summed E-state index contributed by atoms with van der Waals surface area (Å²) in [6.45, 7) is 2.12. The summed E-state index contributed by atoms with van der Waals surface area (Å²) < 4.78 is 30.8. The van der Waals surface area contributed by atoms with Gasteiger partial charge in [-0.1, -0.05) is 26.2 Å². The molecule has 0 aliphatic heterocycles. The van der Waals surface area contributed by atoms with E-state index < -0.39 is 33.8 Å². The molecule has 0 aliphatic carbocycles. The third-order valence-electron chi connectivity index (χ3n) is 2.69. The van der Waals surface area contributed by atoms with E-state index in [1.807, 2.05) is 6.92 Å². The van der Waals surface area contributed by atoms with Crippen LogP contribution >= 0.6 is 0 Å². The molecule has 0 unspecified atom stereocenters. The Morgan fingerprint density at radius 3 is 2.50 bits per heavy atom. The summed E-state index contributed by atoms with van der Waals surface area (Å²) in [4.78, 5) is 21.4. The molecule has 0 N–H and O–H groups in total. The Hall–Kier alpha value is -2.05. The smallest absolute Gasteiger partial charge is 0.345 e. The van der Waals surface area contributed by atoms with Crippen molar-refractivity contribution < 1.29 is 23.2 Å². The molecular formula is C13H15F2NO4. The molecule has 0 fully saturated rings. The summed E-state index contributed by atoms with van der Waals surface area (Å²) in [5, 5.41) is 10.7. The second-order valence-corrected chi connectivity index (χ2v) is 4.24. The van der Waals surface area contributed by atoms with Gasteiger partial charge in [0.05, 0.1) is 17.6 Å². The zero-order chi connectivity index (χ0) is 15.1. The molecule has 110 valence electrons. The van der Waals surface area contributed by atoms with Gasteiger partial charge in [0, 0.05) is 0 Å². The molecule has 0 heterocycles. The highest BCUT2D eigenvalue weighted by Gasteiger charge is 2.24. The molecule has 20 heavy (non-hydrogen) atoms. The molecule has 0 saturated carbocycles. The Kier molecular flexibility index (Phi) is 6.02. The fraction of sp³-hybridized carbons (Fsp3) is 0.462. The quantitative estimate of drug-likeness (QED) is 0.332. The van der Waals surface area contributed by atoms with Crippen molar-refractivity contribution >= 4 is 11.7 Å². The second kappa shape index (κ2) is 7.52. The van der Waals surface area contributed by atoms with E-state index in [2.05, 4.69) is 0 Å². The first-order valence-corrected chi connectivity index (χ1v) is 6.28. The van der Waals surface area contributed by atoms with Crippen LogP contribution in [-0.4, -0.2) is 17.5 Å². The van der Waals surface area contributed by atoms with Gasteiger partial charge in [-0.2, -0.15) is 0 Å².